The van der Waals surface area contributed by atoms with Crippen LogP contribution in [0.3, 0.4) is 0 Å². The van der Waals surface area contributed by atoms with E-state index < -0.39 is 6.04 Å². The first-order valence-electron chi connectivity index (χ1n) is 8.33. The second kappa shape index (κ2) is 7.49. The SMILES string of the molecule is COC(=O)[C@@H]1CCCN1C(=O)CN1CCN(c2ccc(C#N)cn2)C1. The molecular weight excluding hydrogens is 322 g/mol. The lowest BCUT2D eigenvalue weighted by atomic mass is 10.2. The standard InChI is InChI=1S/C17H21N5O3/c1-25-17(24)14-3-2-6-22(14)16(23)11-20-7-8-21(12-20)15-5-4-13(9-18)10-19-15/h4-5,10,14H,2-3,6-8,11-12H2,1H3/t14-/m0/s1. The van der Waals surface area contributed by atoms with Gasteiger partial charge in [-0.3, -0.25) is 9.69 Å². The van der Waals surface area contributed by atoms with Crippen molar-refractivity contribution in [3.63, 3.8) is 0 Å². The van der Waals surface area contributed by atoms with Gasteiger partial charge in [0.15, 0.2) is 0 Å². The van der Waals surface area contributed by atoms with Crippen LogP contribution in [0.25, 0.3) is 0 Å². The highest BCUT2D eigenvalue weighted by molar-refractivity contribution is 5.86. The van der Waals surface area contributed by atoms with Gasteiger partial charge in [-0.25, -0.2) is 9.78 Å². The molecule has 0 aliphatic carbocycles. The Morgan fingerprint density at radius 2 is 2.20 bits per heavy atom. The summed E-state index contributed by atoms with van der Waals surface area (Å²) in [6, 6.07) is 5.16. The molecule has 0 saturated carbocycles. The van der Waals surface area contributed by atoms with Crippen LogP contribution in [-0.4, -0.2) is 72.7 Å². The topological polar surface area (TPSA) is 89.8 Å². The molecule has 3 rings (SSSR count). The molecule has 0 N–H and O–H groups in total. The number of aromatic nitrogens is 1. The number of nitriles is 1. The van der Waals surface area contributed by atoms with Crippen molar-refractivity contribution in [1.82, 2.24) is 14.8 Å². The Balaban J connectivity index is 1.56. The van der Waals surface area contributed by atoms with Crippen LogP contribution in [0.2, 0.25) is 0 Å². The zero-order valence-electron chi connectivity index (χ0n) is 14.2. The largest absolute Gasteiger partial charge is 0.467 e. The van der Waals surface area contributed by atoms with E-state index in [1.54, 1.807) is 17.2 Å². The number of methoxy groups -OCH3 is 1. The normalized spacial score (nSPS) is 20.6. The van der Waals surface area contributed by atoms with Crippen molar-refractivity contribution in [3.8, 4) is 6.07 Å². The first-order valence-corrected chi connectivity index (χ1v) is 8.33. The number of anilines is 1. The van der Waals surface area contributed by atoms with E-state index in [-0.39, 0.29) is 18.4 Å². The second-order valence-electron chi connectivity index (χ2n) is 6.24. The average Bonchev–Trinajstić information content (AvgIpc) is 3.30. The van der Waals surface area contributed by atoms with E-state index >= 15 is 0 Å². The first kappa shape index (κ1) is 17.2. The predicted molar refractivity (Wildman–Crippen MR) is 89.5 cm³/mol. The molecule has 1 atom stereocenters. The number of likely N-dealkylation sites (tertiary alicyclic amines) is 1. The minimum atomic E-state index is -0.448. The van der Waals surface area contributed by atoms with Crippen LogP contribution in [0.4, 0.5) is 5.82 Å². The summed E-state index contributed by atoms with van der Waals surface area (Å²) in [5.41, 5.74) is 0.526. The van der Waals surface area contributed by atoms with Gasteiger partial charge in [0.05, 0.1) is 25.9 Å². The number of esters is 1. The molecule has 8 heteroatoms. The highest BCUT2D eigenvalue weighted by Crippen LogP contribution is 2.20. The summed E-state index contributed by atoms with van der Waals surface area (Å²) < 4.78 is 4.79. The minimum Gasteiger partial charge on any atom is -0.467 e. The fourth-order valence-electron chi connectivity index (χ4n) is 3.33. The molecule has 0 spiro atoms. The maximum atomic E-state index is 12.6. The summed E-state index contributed by atoms with van der Waals surface area (Å²) in [6.45, 7) is 3.01. The van der Waals surface area contributed by atoms with Crippen molar-refractivity contribution >= 4 is 17.7 Å². The Morgan fingerprint density at radius 3 is 2.88 bits per heavy atom. The van der Waals surface area contributed by atoms with Gasteiger partial charge in [0.25, 0.3) is 0 Å². The Morgan fingerprint density at radius 1 is 1.36 bits per heavy atom. The molecule has 2 aliphatic rings. The predicted octanol–water partition coefficient (Wildman–Crippen LogP) is 0.197. The van der Waals surface area contributed by atoms with Crippen molar-refractivity contribution < 1.29 is 14.3 Å². The summed E-state index contributed by atoms with van der Waals surface area (Å²) >= 11 is 0. The number of amides is 1. The summed E-state index contributed by atoms with van der Waals surface area (Å²) in [5, 5.41) is 8.83. The van der Waals surface area contributed by atoms with Gasteiger partial charge in [0, 0.05) is 25.8 Å². The molecule has 1 aromatic heterocycles. The fourth-order valence-corrected chi connectivity index (χ4v) is 3.33. The van der Waals surface area contributed by atoms with Gasteiger partial charge in [-0.2, -0.15) is 5.26 Å². The molecule has 132 valence electrons. The highest BCUT2D eigenvalue weighted by Gasteiger charge is 2.36. The van der Waals surface area contributed by atoms with Crippen molar-refractivity contribution in [2.75, 3.05) is 44.9 Å². The number of hydrogen-bond donors (Lipinski definition) is 0. The number of nitrogens with zero attached hydrogens (tertiary/aromatic N) is 5. The second-order valence-corrected chi connectivity index (χ2v) is 6.24. The van der Waals surface area contributed by atoms with Crippen LogP contribution >= 0.6 is 0 Å². The van der Waals surface area contributed by atoms with Crippen LogP contribution in [0, 0.1) is 11.3 Å². The van der Waals surface area contributed by atoms with Gasteiger partial charge >= 0.3 is 5.97 Å². The summed E-state index contributed by atoms with van der Waals surface area (Å²) in [5.74, 6) is 0.417. The summed E-state index contributed by atoms with van der Waals surface area (Å²) in [6.07, 6.45) is 3.04. The number of carbonyl (C=O) groups excluding carboxylic acids is 2. The number of rotatable bonds is 4. The Bertz CT molecular complexity index is 685. The van der Waals surface area contributed by atoms with E-state index in [4.69, 9.17) is 10.00 Å². The van der Waals surface area contributed by atoms with Crippen LogP contribution in [0.1, 0.15) is 18.4 Å². The quantitative estimate of drug-likeness (QED) is 0.721. The van der Waals surface area contributed by atoms with Crippen molar-refractivity contribution in [2.24, 2.45) is 0 Å². The van der Waals surface area contributed by atoms with E-state index in [0.717, 1.165) is 25.3 Å². The van der Waals surface area contributed by atoms with Crippen LogP contribution in [-0.2, 0) is 14.3 Å². The molecule has 25 heavy (non-hydrogen) atoms. The van der Waals surface area contributed by atoms with E-state index in [9.17, 15) is 9.59 Å². The number of hydrogen-bond acceptors (Lipinski definition) is 7. The molecule has 0 aromatic carbocycles. The monoisotopic (exact) mass is 343 g/mol. The lowest BCUT2D eigenvalue weighted by molar-refractivity contribution is -0.151. The number of pyridine rings is 1. The van der Waals surface area contributed by atoms with E-state index in [2.05, 4.69) is 9.88 Å². The molecular formula is C17H21N5O3. The van der Waals surface area contributed by atoms with Crippen molar-refractivity contribution in [3.05, 3.63) is 23.9 Å². The minimum absolute atomic E-state index is 0.0393. The molecule has 0 radical (unpaired) electrons. The molecule has 0 bridgehead atoms. The van der Waals surface area contributed by atoms with Gasteiger partial charge < -0.3 is 14.5 Å². The molecule has 0 unspecified atom stereocenters. The highest BCUT2D eigenvalue weighted by atomic mass is 16.5. The zero-order valence-corrected chi connectivity index (χ0v) is 14.2. The van der Waals surface area contributed by atoms with Gasteiger partial charge in [-0.1, -0.05) is 0 Å². The molecule has 1 amide bonds. The Kier molecular flexibility index (Phi) is 5.14. The lowest BCUT2D eigenvalue weighted by Gasteiger charge is -2.25. The van der Waals surface area contributed by atoms with Crippen LogP contribution < -0.4 is 4.90 Å². The number of ether oxygens (including phenoxy) is 1. The van der Waals surface area contributed by atoms with Gasteiger partial charge in [-0.15, -0.1) is 0 Å². The zero-order chi connectivity index (χ0) is 17.8. The lowest BCUT2D eigenvalue weighted by Crippen LogP contribution is -2.45. The van der Waals surface area contributed by atoms with E-state index in [1.165, 1.54) is 7.11 Å². The summed E-state index contributed by atoms with van der Waals surface area (Å²) in [4.78, 5) is 34.4. The number of carbonyl (C=O) groups is 2. The van der Waals surface area contributed by atoms with E-state index in [1.807, 2.05) is 17.0 Å². The first-order chi connectivity index (χ1) is 12.1. The fraction of sp³-hybridized carbons (Fsp3) is 0.529. The third-order valence-electron chi connectivity index (χ3n) is 4.66. The van der Waals surface area contributed by atoms with Gasteiger partial charge in [-0.05, 0) is 25.0 Å². The van der Waals surface area contributed by atoms with Crippen LogP contribution in [0.15, 0.2) is 18.3 Å². The van der Waals surface area contributed by atoms with Crippen LogP contribution in [0.5, 0.6) is 0 Å². The van der Waals surface area contributed by atoms with Crippen molar-refractivity contribution in [2.45, 2.75) is 18.9 Å². The van der Waals surface area contributed by atoms with E-state index in [0.29, 0.717) is 25.2 Å². The maximum absolute atomic E-state index is 12.6. The average molecular weight is 343 g/mol. The van der Waals surface area contributed by atoms with Crippen molar-refractivity contribution in [1.29, 1.82) is 5.26 Å². The molecule has 2 fully saturated rings. The molecule has 2 aliphatic heterocycles. The van der Waals surface area contributed by atoms with Gasteiger partial charge in [0.2, 0.25) is 5.91 Å². The van der Waals surface area contributed by atoms with Gasteiger partial charge in [0.1, 0.15) is 17.9 Å². The third kappa shape index (κ3) is 3.72. The third-order valence-corrected chi connectivity index (χ3v) is 4.66. The smallest absolute Gasteiger partial charge is 0.328 e. The molecule has 3 heterocycles. The maximum Gasteiger partial charge on any atom is 0.328 e. The Hall–Kier alpha value is -2.66. The molecule has 2 saturated heterocycles. The Labute approximate surface area is 146 Å². The molecule has 8 nitrogen and oxygen atoms in total. The molecule has 1 aromatic rings. The summed E-state index contributed by atoms with van der Waals surface area (Å²) in [7, 11) is 1.35.